The zero-order valence-electron chi connectivity index (χ0n) is 12.8. The van der Waals surface area contributed by atoms with E-state index in [1.54, 1.807) is 0 Å². The van der Waals surface area contributed by atoms with Crippen molar-refractivity contribution in [3.63, 3.8) is 0 Å². The Morgan fingerprint density at radius 1 is 1.28 bits per heavy atom. The lowest BCUT2D eigenvalue weighted by molar-refractivity contribution is -0.131. The molecule has 1 N–H and O–H groups in total. The summed E-state index contributed by atoms with van der Waals surface area (Å²) in [5, 5.41) is 3.37. The average molecular weight is 254 g/mol. The molecule has 3 nitrogen and oxygen atoms in total. The molecule has 1 heterocycles. The third-order valence-corrected chi connectivity index (χ3v) is 3.95. The smallest absolute Gasteiger partial charge is 0.241 e. The number of rotatable bonds is 7. The lowest BCUT2D eigenvalue weighted by atomic mass is 9.86. The topological polar surface area (TPSA) is 32.3 Å². The van der Waals surface area contributed by atoms with Crippen molar-refractivity contribution in [2.24, 2.45) is 5.41 Å². The summed E-state index contributed by atoms with van der Waals surface area (Å²) < 4.78 is 0. The fourth-order valence-corrected chi connectivity index (χ4v) is 2.74. The quantitative estimate of drug-likeness (QED) is 0.708. The highest BCUT2D eigenvalue weighted by atomic mass is 16.2. The van der Waals surface area contributed by atoms with E-state index >= 15 is 0 Å². The molecule has 0 aromatic rings. The van der Waals surface area contributed by atoms with Gasteiger partial charge in [-0.05, 0) is 25.2 Å². The summed E-state index contributed by atoms with van der Waals surface area (Å²) >= 11 is 0. The van der Waals surface area contributed by atoms with Crippen molar-refractivity contribution in [3.05, 3.63) is 0 Å². The second-order valence-corrected chi connectivity index (χ2v) is 6.39. The summed E-state index contributed by atoms with van der Waals surface area (Å²) in [6.07, 6.45) is 6.10. The van der Waals surface area contributed by atoms with Crippen molar-refractivity contribution < 1.29 is 4.79 Å². The van der Waals surface area contributed by atoms with Crippen LogP contribution in [-0.4, -0.2) is 29.6 Å². The van der Waals surface area contributed by atoms with Gasteiger partial charge in [-0.15, -0.1) is 0 Å². The van der Waals surface area contributed by atoms with Gasteiger partial charge in [0.1, 0.15) is 0 Å². The molecule has 106 valence electrons. The van der Waals surface area contributed by atoms with E-state index in [-0.39, 0.29) is 23.5 Å². The predicted molar refractivity (Wildman–Crippen MR) is 76.3 cm³/mol. The van der Waals surface area contributed by atoms with Crippen molar-refractivity contribution in [1.29, 1.82) is 0 Å². The highest BCUT2D eigenvalue weighted by Crippen LogP contribution is 2.27. The van der Waals surface area contributed by atoms with Crippen LogP contribution in [-0.2, 0) is 4.79 Å². The summed E-state index contributed by atoms with van der Waals surface area (Å²) in [6, 6.07) is 0.0337. The molecule has 2 unspecified atom stereocenters. The second-order valence-electron chi connectivity index (χ2n) is 6.39. The van der Waals surface area contributed by atoms with Gasteiger partial charge in [0.15, 0.2) is 0 Å². The number of nitrogens with one attached hydrogen (secondary N) is 1. The first-order valence-electron chi connectivity index (χ1n) is 7.48. The molecule has 3 heteroatoms. The Morgan fingerprint density at radius 3 is 2.44 bits per heavy atom. The largest absolute Gasteiger partial charge is 0.326 e. The Balaban J connectivity index is 2.52. The fourth-order valence-electron chi connectivity index (χ4n) is 2.74. The van der Waals surface area contributed by atoms with Crippen LogP contribution in [0.2, 0.25) is 0 Å². The Bertz CT molecular complexity index is 276. The van der Waals surface area contributed by atoms with Gasteiger partial charge >= 0.3 is 0 Å². The summed E-state index contributed by atoms with van der Waals surface area (Å²) in [5.74, 6) is 0.286. The van der Waals surface area contributed by atoms with Gasteiger partial charge in [-0.3, -0.25) is 10.1 Å². The Hall–Kier alpha value is -0.570. The van der Waals surface area contributed by atoms with E-state index in [1.807, 2.05) is 4.90 Å². The van der Waals surface area contributed by atoms with E-state index in [0.29, 0.717) is 0 Å². The molecule has 0 saturated carbocycles. The van der Waals surface area contributed by atoms with Gasteiger partial charge in [0.2, 0.25) is 5.91 Å². The van der Waals surface area contributed by atoms with Crippen molar-refractivity contribution in [2.75, 3.05) is 6.54 Å². The lowest BCUT2D eigenvalue weighted by Crippen LogP contribution is -2.41. The van der Waals surface area contributed by atoms with Crippen LogP contribution in [0.3, 0.4) is 0 Å². The van der Waals surface area contributed by atoms with Gasteiger partial charge in [0, 0.05) is 6.54 Å². The SMILES string of the molecule is CCCCCC(C)(C)CN1C(=O)C(CC)NC1C. The van der Waals surface area contributed by atoms with Gasteiger partial charge < -0.3 is 4.90 Å². The minimum absolute atomic E-state index is 0.0337. The molecule has 1 saturated heterocycles. The third-order valence-electron chi connectivity index (χ3n) is 3.95. The number of hydrogen-bond donors (Lipinski definition) is 1. The Morgan fingerprint density at radius 2 is 1.94 bits per heavy atom. The molecule has 18 heavy (non-hydrogen) atoms. The predicted octanol–water partition coefficient (Wildman–Crippen LogP) is 3.15. The monoisotopic (exact) mass is 254 g/mol. The summed E-state index contributed by atoms with van der Waals surface area (Å²) in [6.45, 7) is 11.8. The van der Waals surface area contributed by atoms with Crippen LogP contribution in [0.1, 0.15) is 66.7 Å². The molecule has 1 aliphatic heterocycles. The molecule has 1 rings (SSSR count). The number of amides is 1. The molecule has 0 aromatic heterocycles. The van der Waals surface area contributed by atoms with Crippen LogP contribution in [0.5, 0.6) is 0 Å². The van der Waals surface area contributed by atoms with Crippen molar-refractivity contribution >= 4 is 5.91 Å². The van der Waals surface area contributed by atoms with E-state index in [2.05, 4.69) is 39.9 Å². The number of carbonyl (C=O) groups is 1. The highest BCUT2D eigenvalue weighted by Gasteiger charge is 2.37. The maximum absolute atomic E-state index is 12.2. The molecule has 1 aliphatic rings. The minimum Gasteiger partial charge on any atom is -0.326 e. The van der Waals surface area contributed by atoms with E-state index in [0.717, 1.165) is 13.0 Å². The first-order chi connectivity index (χ1) is 8.41. The standard InChI is InChI=1S/C15H30N2O/c1-6-8-9-10-15(4,5)11-17-12(3)16-13(7-2)14(17)18/h12-13,16H,6-11H2,1-5H3. The molecule has 0 radical (unpaired) electrons. The Labute approximate surface area is 112 Å². The van der Waals surface area contributed by atoms with Crippen LogP contribution in [0.15, 0.2) is 0 Å². The van der Waals surface area contributed by atoms with Gasteiger partial charge in [-0.2, -0.15) is 0 Å². The minimum atomic E-state index is 0.0337. The van der Waals surface area contributed by atoms with Crippen LogP contribution in [0.4, 0.5) is 0 Å². The molecular formula is C15H30N2O. The van der Waals surface area contributed by atoms with Gasteiger partial charge in [0.25, 0.3) is 0 Å². The maximum Gasteiger partial charge on any atom is 0.241 e. The summed E-state index contributed by atoms with van der Waals surface area (Å²) in [5.41, 5.74) is 0.226. The third kappa shape index (κ3) is 3.98. The molecule has 2 atom stereocenters. The van der Waals surface area contributed by atoms with E-state index in [4.69, 9.17) is 0 Å². The van der Waals surface area contributed by atoms with Crippen molar-refractivity contribution in [1.82, 2.24) is 10.2 Å². The zero-order valence-corrected chi connectivity index (χ0v) is 12.8. The summed E-state index contributed by atoms with van der Waals surface area (Å²) in [4.78, 5) is 14.2. The van der Waals surface area contributed by atoms with Gasteiger partial charge in [-0.25, -0.2) is 0 Å². The first kappa shape index (κ1) is 15.5. The van der Waals surface area contributed by atoms with Gasteiger partial charge in [0.05, 0.1) is 12.2 Å². The van der Waals surface area contributed by atoms with Crippen LogP contribution < -0.4 is 5.32 Å². The Kier molecular flexibility index (Phi) is 5.64. The second kappa shape index (κ2) is 6.55. The fraction of sp³-hybridized carbons (Fsp3) is 0.933. The van der Waals surface area contributed by atoms with Gasteiger partial charge in [-0.1, -0.05) is 47.0 Å². The van der Waals surface area contributed by atoms with Crippen molar-refractivity contribution in [3.8, 4) is 0 Å². The number of nitrogens with zero attached hydrogens (tertiary/aromatic N) is 1. The first-order valence-corrected chi connectivity index (χ1v) is 7.48. The van der Waals surface area contributed by atoms with E-state index in [9.17, 15) is 4.79 Å². The van der Waals surface area contributed by atoms with Crippen LogP contribution in [0.25, 0.3) is 0 Å². The highest BCUT2D eigenvalue weighted by molar-refractivity contribution is 5.84. The molecule has 1 amide bonds. The van der Waals surface area contributed by atoms with Crippen LogP contribution >= 0.6 is 0 Å². The number of unbranched alkanes of at least 4 members (excludes halogenated alkanes) is 2. The molecule has 0 aliphatic carbocycles. The van der Waals surface area contributed by atoms with Crippen LogP contribution in [0, 0.1) is 5.41 Å². The number of hydrogen-bond acceptors (Lipinski definition) is 2. The average Bonchev–Trinajstić information content (AvgIpc) is 2.56. The normalized spacial score (nSPS) is 24.9. The molecule has 0 spiro atoms. The molecule has 0 bridgehead atoms. The van der Waals surface area contributed by atoms with Crippen molar-refractivity contribution in [2.45, 2.75) is 78.9 Å². The van der Waals surface area contributed by atoms with E-state index in [1.165, 1.54) is 25.7 Å². The summed E-state index contributed by atoms with van der Waals surface area (Å²) in [7, 11) is 0. The maximum atomic E-state index is 12.2. The molecule has 1 fully saturated rings. The lowest BCUT2D eigenvalue weighted by Gasteiger charge is -2.32. The molecule has 0 aromatic carbocycles. The zero-order chi connectivity index (χ0) is 13.8. The van der Waals surface area contributed by atoms with E-state index < -0.39 is 0 Å². The number of carbonyl (C=O) groups excluding carboxylic acids is 1. The molecular weight excluding hydrogens is 224 g/mol.